The third-order valence-corrected chi connectivity index (χ3v) is 4.40. The van der Waals surface area contributed by atoms with Crippen molar-refractivity contribution in [3.05, 3.63) is 36.0 Å². The third-order valence-electron chi connectivity index (χ3n) is 4.40. The molecule has 124 valence electrons. The molecule has 0 bridgehead atoms. The molecule has 3 nitrogen and oxygen atoms in total. The molecule has 0 aliphatic carbocycles. The van der Waals surface area contributed by atoms with Crippen LogP contribution in [-0.2, 0) is 6.18 Å². The van der Waals surface area contributed by atoms with E-state index in [-0.39, 0.29) is 18.0 Å². The van der Waals surface area contributed by atoms with Gasteiger partial charge in [-0.3, -0.25) is 4.98 Å². The Morgan fingerprint density at radius 2 is 2.04 bits per heavy atom. The molecule has 3 rings (SSSR count). The molecule has 1 aliphatic heterocycles. The summed E-state index contributed by atoms with van der Waals surface area (Å²) in [6.45, 7) is 3.61. The molecule has 6 heteroatoms. The van der Waals surface area contributed by atoms with Crippen LogP contribution < -0.4 is 4.90 Å². The van der Waals surface area contributed by atoms with E-state index in [2.05, 4.69) is 16.8 Å². The summed E-state index contributed by atoms with van der Waals surface area (Å²) in [5, 5.41) is 9.96. The van der Waals surface area contributed by atoms with Crippen molar-refractivity contribution in [2.45, 2.75) is 19.5 Å². The minimum atomic E-state index is -4.42. The average Bonchev–Trinajstić information content (AvgIpc) is 2.52. The molecule has 0 spiro atoms. The van der Waals surface area contributed by atoms with Gasteiger partial charge < -0.3 is 10.0 Å². The number of rotatable bonds is 2. The molecule has 2 atom stereocenters. The number of alkyl halides is 3. The van der Waals surface area contributed by atoms with E-state index in [4.69, 9.17) is 0 Å². The molecule has 0 radical (unpaired) electrons. The number of benzene rings is 1. The Morgan fingerprint density at radius 1 is 1.26 bits per heavy atom. The first-order valence-electron chi connectivity index (χ1n) is 7.71. The third kappa shape index (κ3) is 3.13. The van der Waals surface area contributed by atoms with Gasteiger partial charge in [0.1, 0.15) is 0 Å². The largest absolute Gasteiger partial charge is 0.418 e. The predicted molar refractivity (Wildman–Crippen MR) is 83.3 cm³/mol. The van der Waals surface area contributed by atoms with Gasteiger partial charge in [-0.1, -0.05) is 6.92 Å². The Kier molecular flexibility index (Phi) is 4.19. The van der Waals surface area contributed by atoms with Crippen LogP contribution in [0.25, 0.3) is 10.9 Å². The Hall–Kier alpha value is -1.82. The second-order valence-electron chi connectivity index (χ2n) is 6.32. The lowest BCUT2D eigenvalue weighted by Gasteiger charge is -2.38. The zero-order valence-electron chi connectivity index (χ0n) is 12.8. The van der Waals surface area contributed by atoms with Gasteiger partial charge in [0.25, 0.3) is 0 Å². The summed E-state index contributed by atoms with van der Waals surface area (Å²) in [7, 11) is 0. The molecule has 1 aliphatic rings. The smallest absolute Gasteiger partial charge is 0.396 e. The molecular weight excluding hydrogens is 305 g/mol. The number of piperidine rings is 1. The van der Waals surface area contributed by atoms with E-state index < -0.39 is 11.7 Å². The molecule has 2 aromatic rings. The number of anilines is 1. The van der Waals surface area contributed by atoms with Gasteiger partial charge in [0.05, 0.1) is 11.1 Å². The first kappa shape index (κ1) is 16.1. The van der Waals surface area contributed by atoms with Gasteiger partial charge in [-0.25, -0.2) is 0 Å². The number of pyridine rings is 1. The first-order valence-corrected chi connectivity index (χ1v) is 7.71. The monoisotopic (exact) mass is 324 g/mol. The van der Waals surface area contributed by atoms with Crippen LogP contribution in [0.15, 0.2) is 30.5 Å². The minimum absolute atomic E-state index is 0.0173. The molecule has 1 aromatic heterocycles. The topological polar surface area (TPSA) is 36.4 Å². The zero-order chi connectivity index (χ0) is 16.6. The zero-order valence-corrected chi connectivity index (χ0v) is 12.8. The predicted octanol–water partition coefficient (Wildman–Crippen LogP) is 3.71. The number of hydrogen-bond acceptors (Lipinski definition) is 3. The number of fused-ring (bicyclic) bond motifs is 1. The average molecular weight is 324 g/mol. The molecule has 0 amide bonds. The molecule has 2 unspecified atom stereocenters. The van der Waals surface area contributed by atoms with Gasteiger partial charge in [0, 0.05) is 37.0 Å². The maximum atomic E-state index is 13.2. The highest BCUT2D eigenvalue weighted by Crippen LogP contribution is 2.38. The number of aliphatic hydroxyl groups excluding tert-OH is 1. The molecule has 1 aromatic carbocycles. The quantitative estimate of drug-likeness (QED) is 0.915. The van der Waals surface area contributed by atoms with Crippen LogP contribution >= 0.6 is 0 Å². The molecule has 1 fully saturated rings. The van der Waals surface area contributed by atoms with E-state index in [0.29, 0.717) is 17.8 Å². The van der Waals surface area contributed by atoms with Crippen LogP contribution in [0.5, 0.6) is 0 Å². The van der Waals surface area contributed by atoms with Crippen molar-refractivity contribution in [3.63, 3.8) is 0 Å². The Morgan fingerprint density at radius 3 is 2.74 bits per heavy atom. The summed E-state index contributed by atoms with van der Waals surface area (Å²) < 4.78 is 39.6. The van der Waals surface area contributed by atoms with Crippen molar-refractivity contribution in [2.75, 3.05) is 24.6 Å². The van der Waals surface area contributed by atoms with Gasteiger partial charge in [-0.2, -0.15) is 13.2 Å². The summed E-state index contributed by atoms with van der Waals surface area (Å²) in [5.41, 5.74) is 0.0305. The van der Waals surface area contributed by atoms with E-state index in [1.54, 1.807) is 12.1 Å². The van der Waals surface area contributed by atoms with E-state index in [1.165, 1.54) is 12.3 Å². The second-order valence-corrected chi connectivity index (χ2v) is 6.32. The number of aliphatic hydroxyl groups is 1. The fourth-order valence-corrected chi connectivity index (χ4v) is 3.47. The summed E-state index contributed by atoms with van der Waals surface area (Å²) in [5.74, 6) is 0.530. The van der Waals surface area contributed by atoms with Crippen LogP contribution in [0.2, 0.25) is 0 Å². The standard InChI is InChI=1S/C17H19F3N2O/c1-11-7-12(10-23)9-22(8-11)15-5-4-14(17(18,19)20)16-13(15)3-2-6-21-16/h2-6,11-12,23H,7-10H2,1H3. The highest BCUT2D eigenvalue weighted by molar-refractivity contribution is 5.94. The number of aromatic nitrogens is 1. The minimum Gasteiger partial charge on any atom is -0.396 e. The van der Waals surface area contributed by atoms with Crippen molar-refractivity contribution >= 4 is 16.6 Å². The van der Waals surface area contributed by atoms with Crippen molar-refractivity contribution in [2.24, 2.45) is 11.8 Å². The maximum Gasteiger partial charge on any atom is 0.418 e. The SMILES string of the molecule is CC1CC(CO)CN(c2ccc(C(F)(F)F)c3ncccc23)C1. The van der Waals surface area contributed by atoms with E-state index in [9.17, 15) is 18.3 Å². The Bertz CT molecular complexity index is 702. The van der Waals surface area contributed by atoms with Gasteiger partial charge in [-0.15, -0.1) is 0 Å². The fraction of sp³-hybridized carbons (Fsp3) is 0.471. The van der Waals surface area contributed by atoms with Crippen LogP contribution in [-0.4, -0.2) is 29.8 Å². The van der Waals surface area contributed by atoms with Crippen molar-refractivity contribution in [1.29, 1.82) is 0 Å². The number of halogens is 3. The van der Waals surface area contributed by atoms with Gasteiger partial charge >= 0.3 is 6.18 Å². The molecule has 23 heavy (non-hydrogen) atoms. The number of hydrogen-bond donors (Lipinski definition) is 1. The second kappa shape index (κ2) is 6.00. The summed E-state index contributed by atoms with van der Waals surface area (Å²) in [6, 6.07) is 5.97. The lowest BCUT2D eigenvalue weighted by Crippen LogP contribution is -2.41. The fourth-order valence-electron chi connectivity index (χ4n) is 3.47. The van der Waals surface area contributed by atoms with Crippen LogP contribution in [0.4, 0.5) is 18.9 Å². The molecule has 1 N–H and O–H groups in total. The van der Waals surface area contributed by atoms with Gasteiger partial charge in [-0.05, 0) is 42.5 Å². The Labute approximate surface area is 132 Å². The first-order chi connectivity index (χ1) is 10.9. The van der Waals surface area contributed by atoms with Crippen molar-refractivity contribution in [1.82, 2.24) is 4.98 Å². The Balaban J connectivity index is 2.09. The van der Waals surface area contributed by atoms with Gasteiger partial charge in [0.15, 0.2) is 0 Å². The van der Waals surface area contributed by atoms with Crippen LogP contribution in [0.3, 0.4) is 0 Å². The lowest BCUT2D eigenvalue weighted by molar-refractivity contribution is -0.136. The molecule has 2 heterocycles. The molecule has 0 saturated carbocycles. The van der Waals surface area contributed by atoms with E-state index >= 15 is 0 Å². The summed E-state index contributed by atoms with van der Waals surface area (Å²) >= 11 is 0. The van der Waals surface area contributed by atoms with E-state index in [1.807, 2.05) is 0 Å². The molecular formula is C17H19F3N2O. The highest BCUT2D eigenvalue weighted by Gasteiger charge is 2.34. The van der Waals surface area contributed by atoms with Crippen LogP contribution in [0.1, 0.15) is 18.9 Å². The van der Waals surface area contributed by atoms with Gasteiger partial charge in [0.2, 0.25) is 0 Å². The summed E-state index contributed by atoms with van der Waals surface area (Å²) in [4.78, 5) is 6.03. The highest BCUT2D eigenvalue weighted by atomic mass is 19.4. The maximum absolute atomic E-state index is 13.2. The normalized spacial score (nSPS) is 22.6. The van der Waals surface area contributed by atoms with Crippen molar-refractivity contribution < 1.29 is 18.3 Å². The number of nitrogens with zero attached hydrogens (tertiary/aromatic N) is 2. The van der Waals surface area contributed by atoms with Crippen LogP contribution in [0, 0.1) is 11.8 Å². The summed E-state index contributed by atoms with van der Waals surface area (Å²) in [6.07, 6.45) is -2.10. The van der Waals surface area contributed by atoms with E-state index in [0.717, 1.165) is 24.7 Å². The lowest BCUT2D eigenvalue weighted by atomic mass is 9.90. The van der Waals surface area contributed by atoms with Crippen molar-refractivity contribution in [3.8, 4) is 0 Å². The molecule has 1 saturated heterocycles.